The molecule has 0 unspecified atom stereocenters. The predicted octanol–water partition coefficient (Wildman–Crippen LogP) is 3.41. The van der Waals surface area contributed by atoms with E-state index in [9.17, 15) is 0 Å². The summed E-state index contributed by atoms with van der Waals surface area (Å²) in [5.41, 5.74) is 1.17. The molecule has 0 aliphatic heterocycles. The van der Waals surface area contributed by atoms with Crippen LogP contribution in [0.1, 0.15) is 28.2 Å². The molecule has 0 amide bonds. The number of hydrogen-bond donors (Lipinski definition) is 0. The van der Waals surface area contributed by atoms with Crippen molar-refractivity contribution in [3.8, 4) is 0 Å². The molecule has 0 heterocycles. The number of hydrogen-bond acceptors (Lipinski definition) is 0. The highest BCUT2D eigenvalue weighted by Crippen LogP contribution is 1.73. The first-order chi connectivity index (χ1) is 3.15. The molecule has 0 aromatic rings. The molecule has 0 aromatic carbocycles. The fourth-order valence-electron chi connectivity index (χ4n) is 0. The van der Waals surface area contributed by atoms with Gasteiger partial charge >= 0.3 is 0 Å². The summed E-state index contributed by atoms with van der Waals surface area (Å²) in [5, 5.41) is 0. The van der Waals surface area contributed by atoms with Gasteiger partial charge in [0.15, 0.2) is 0 Å². The van der Waals surface area contributed by atoms with Crippen LogP contribution in [0, 0.1) is 0 Å². The molecule has 0 aliphatic carbocycles. The van der Waals surface area contributed by atoms with E-state index in [4.69, 9.17) is 0 Å². The van der Waals surface area contributed by atoms with Gasteiger partial charge in [-0.3, -0.25) is 0 Å². The Bertz CT molecular complexity index is 47.1. The second-order valence-corrected chi connectivity index (χ2v) is 1.62. The summed E-state index contributed by atoms with van der Waals surface area (Å²) < 4.78 is 0. The maximum atomic E-state index is 3.56. The zero-order valence-corrected chi connectivity index (χ0v) is 5.49. The molecule has 50 valence electrons. The third-order valence-corrected chi connectivity index (χ3v) is 0. The van der Waals surface area contributed by atoms with Gasteiger partial charge in [0, 0.05) is 0 Å². The molecule has 0 fully saturated rings. The summed E-state index contributed by atoms with van der Waals surface area (Å²) in [5.74, 6) is 0. The number of rotatable bonds is 0. The second kappa shape index (κ2) is 16.1. The molecule has 0 aromatic heterocycles. The van der Waals surface area contributed by atoms with Crippen molar-refractivity contribution in [2.45, 2.75) is 28.2 Å². The third-order valence-electron chi connectivity index (χ3n) is 0. The summed E-state index contributed by atoms with van der Waals surface area (Å²) in [6, 6.07) is 0. The monoisotopic (exact) mass is 114 g/mol. The van der Waals surface area contributed by atoms with Gasteiger partial charge in [0.05, 0.1) is 0 Å². The highest BCUT2D eigenvalue weighted by atomic mass is 13.6. The summed E-state index contributed by atoms with van der Waals surface area (Å²) in [7, 11) is 0. The van der Waals surface area contributed by atoms with E-state index in [0.717, 1.165) is 0 Å². The minimum absolute atomic E-state index is 0. The van der Waals surface area contributed by atoms with Gasteiger partial charge in [0.1, 0.15) is 0 Å². The predicted molar refractivity (Wildman–Crippen MR) is 43.1 cm³/mol. The molecule has 0 aliphatic rings. The molecular formula is C8H18. The molecule has 0 spiro atoms. The van der Waals surface area contributed by atoms with Crippen molar-refractivity contribution < 1.29 is 0 Å². The van der Waals surface area contributed by atoms with Gasteiger partial charge in [-0.05, 0) is 20.8 Å². The maximum absolute atomic E-state index is 3.56. The molecule has 0 nitrogen and oxygen atoms in total. The van der Waals surface area contributed by atoms with Crippen LogP contribution in [0.2, 0.25) is 0 Å². The van der Waals surface area contributed by atoms with Crippen LogP contribution in [-0.2, 0) is 0 Å². The Morgan fingerprint density at radius 2 is 1.38 bits per heavy atom. The van der Waals surface area contributed by atoms with Crippen molar-refractivity contribution in [1.82, 2.24) is 0 Å². The lowest BCUT2D eigenvalue weighted by atomic mass is 10.4. The van der Waals surface area contributed by atoms with E-state index in [1.54, 1.807) is 6.08 Å². The Morgan fingerprint density at radius 3 is 1.38 bits per heavy atom. The standard InChI is InChI=1S/C4H8.C3H6.CH4/c1-4(2)3;1-3-2;/h1H2,2-3H3;3H,1H2,2H3;1H4. The van der Waals surface area contributed by atoms with Gasteiger partial charge in [-0.25, -0.2) is 0 Å². The molecule has 0 radical (unpaired) electrons. The van der Waals surface area contributed by atoms with E-state index in [2.05, 4.69) is 13.2 Å². The quantitative estimate of drug-likeness (QED) is 0.423. The summed E-state index contributed by atoms with van der Waals surface area (Å²) in [4.78, 5) is 0. The SMILES string of the molecule is C.C=C(C)C.C=CC. The van der Waals surface area contributed by atoms with Gasteiger partial charge in [-0.15, -0.1) is 13.2 Å². The van der Waals surface area contributed by atoms with Crippen LogP contribution in [-0.4, -0.2) is 0 Å². The van der Waals surface area contributed by atoms with Gasteiger partial charge in [0.25, 0.3) is 0 Å². The highest BCUT2D eigenvalue weighted by Gasteiger charge is 1.51. The lowest BCUT2D eigenvalue weighted by molar-refractivity contribution is 1.42. The smallest absolute Gasteiger partial charge is 0.0445 e. The molecule has 0 rings (SSSR count). The average molecular weight is 114 g/mol. The minimum atomic E-state index is 0. The van der Waals surface area contributed by atoms with Gasteiger partial charge in [0.2, 0.25) is 0 Å². The first-order valence-corrected chi connectivity index (χ1v) is 2.34. The fourth-order valence-corrected chi connectivity index (χ4v) is 0. The molecule has 0 saturated heterocycles. The lowest BCUT2D eigenvalue weighted by Gasteiger charge is -1.65. The van der Waals surface area contributed by atoms with E-state index in [0.29, 0.717) is 0 Å². The molecule has 0 saturated carbocycles. The van der Waals surface area contributed by atoms with Crippen molar-refractivity contribution in [1.29, 1.82) is 0 Å². The fraction of sp³-hybridized carbons (Fsp3) is 0.500. The summed E-state index contributed by atoms with van der Waals surface area (Å²) in [6.07, 6.45) is 1.75. The highest BCUT2D eigenvalue weighted by molar-refractivity contribution is 4.78. The topological polar surface area (TPSA) is 0 Å². The van der Waals surface area contributed by atoms with Crippen LogP contribution in [0.3, 0.4) is 0 Å². The maximum Gasteiger partial charge on any atom is -0.0445 e. The normalized spacial score (nSPS) is 4.88. The summed E-state index contributed by atoms with van der Waals surface area (Å²) in [6.45, 7) is 12.8. The first kappa shape index (κ1) is 15.6. The van der Waals surface area contributed by atoms with E-state index in [1.807, 2.05) is 20.8 Å². The van der Waals surface area contributed by atoms with Crippen LogP contribution in [0.4, 0.5) is 0 Å². The van der Waals surface area contributed by atoms with Crippen LogP contribution in [0.25, 0.3) is 0 Å². The van der Waals surface area contributed by atoms with E-state index in [1.165, 1.54) is 5.57 Å². The largest absolute Gasteiger partial charge is 0.103 e. The van der Waals surface area contributed by atoms with Crippen LogP contribution >= 0.6 is 0 Å². The van der Waals surface area contributed by atoms with Crippen molar-refractivity contribution in [2.24, 2.45) is 0 Å². The third kappa shape index (κ3) is 407. The Kier molecular flexibility index (Phi) is 31.4. The van der Waals surface area contributed by atoms with Crippen molar-refractivity contribution >= 4 is 0 Å². The van der Waals surface area contributed by atoms with Gasteiger partial charge in [-0.2, -0.15) is 0 Å². The van der Waals surface area contributed by atoms with Crippen molar-refractivity contribution in [2.75, 3.05) is 0 Å². The molecule has 0 heteroatoms. The Balaban J connectivity index is -0.0000000575. The van der Waals surface area contributed by atoms with Gasteiger partial charge < -0.3 is 0 Å². The Morgan fingerprint density at radius 1 is 1.38 bits per heavy atom. The molecule has 0 bridgehead atoms. The second-order valence-electron chi connectivity index (χ2n) is 1.62. The van der Waals surface area contributed by atoms with Crippen molar-refractivity contribution in [3.05, 3.63) is 24.8 Å². The first-order valence-electron chi connectivity index (χ1n) is 2.34. The Labute approximate surface area is 53.9 Å². The number of allylic oxidation sites excluding steroid dienone is 2. The summed E-state index contributed by atoms with van der Waals surface area (Å²) >= 11 is 0. The van der Waals surface area contributed by atoms with E-state index >= 15 is 0 Å². The minimum Gasteiger partial charge on any atom is -0.103 e. The van der Waals surface area contributed by atoms with E-state index < -0.39 is 0 Å². The van der Waals surface area contributed by atoms with Crippen molar-refractivity contribution in [3.63, 3.8) is 0 Å². The molecular weight excluding hydrogens is 96.1 g/mol. The lowest BCUT2D eigenvalue weighted by Crippen LogP contribution is -1.43. The van der Waals surface area contributed by atoms with Gasteiger partial charge in [-0.1, -0.05) is 19.1 Å². The molecule has 0 atom stereocenters. The van der Waals surface area contributed by atoms with Crippen LogP contribution < -0.4 is 0 Å². The average Bonchev–Trinajstić information content (AvgIpc) is 1.33. The molecule has 0 N–H and O–H groups in total. The van der Waals surface area contributed by atoms with Crippen LogP contribution in [0.15, 0.2) is 24.8 Å². The molecule has 8 heavy (non-hydrogen) atoms. The zero-order valence-electron chi connectivity index (χ0n) is 5.49. The van der Waals surface area contributed by atoms with E-state index in [-0.39, 0.29) is 7.43 Å². The van der Waals surface area contributed by atoms with Crippen LogP contribution in [0.5, 0.6) is 0 Å². The zero-order chi connectivity index (χ0) is 6.28. The Hall–Kier alpha value is -0.520.